The minimum Gasteiger partial charge on any atom is -0.472 e. The molecule has 1 aromatic rings. The van der Waals surface area contributed by atoms with Crippen molar-refractivity contribution >= 4 is 11.9 Å². The number of allylic oxidation sites excluding steroid dienone is 5. The highest BCUT2D eigenvalue weighted by molar-refractivity contribution is 5.94. The van der Waals surface area contributed by atoms with Gasteiger partial charge in [-0.05, 0) is 95.8 Å². The normalized spacial score (nSPS) is 15.5. The zero-order chi connectivity index (χ0) is 34.1. The summed E-state index contributed by atoms with van der Waals surface area (Å²) in [6.07, 6.45) is 35.8. The summed E-state index contributed by atoms with van der Waals surface area (Å²) >= 11 is 0. The second-order valence-corrected chi connectivity index (χ2v) is 13.9. The third-order valence-electron chi connectivity index (χ3n) is 9.23. The summed E-state index contributed by atoms with van der Waals surface area (Å²) in [7, 11) is 0. The van der Waals surface area contributed by atoms with Crippen molar-refractivity contribution in [2.24, 2.45) is 5.92 Å². The van der Waals surface area contributed by atoms with Crippen LogP contribution in [0.25, 0.3) is 0 Å². The molecule has 1 atom stereocenters. The van der Waals surface area contributed by atoms with E-state index in [0.717, 1.165) is 64.2 Å². The lowest BCUT2D eigenvalue weighted by atomic mass is 9.99. The van der Waals surface area contributed by atoms with E-state index >= 15 is 0 Å². The van der Waals surface area contributed by atoms with Gasteiger partial charge in [0.05, 0.1) is 18.1 Å². The molecule has 0 N–H and O–H groups in total. The summed E-state index contributed by atoms with van der Waals surface area (Å²) in [6, 6.07) is 2.03. The lowest BCUT2D eigenvalue weighted by Gasteiger charge is -2.11. The van der Waals surface area contributed by atoms with Crippen molar-refractivity contribution in [1.29, 1.82) is 0 Å². The van der Waals surface area contributed by atoms with Crippen LogP contribution in [0.15, 0.2) is 69.5 Å². The quantitative estimate of drug-likeness (QED) is 0.0538. The van der Waals surface area contributed by atoms with E-state index in [2.05, 4.69) is 39.8 Å². The van der Waals surface area contributed by atoms with E-state index in [1.807, 2.05) is 18.4 Å². The van der Waals surface area contributed by atoms with Crippen molar-refractivity contribution in [3.8, 4) is 0 Å². The van der Waals surface area contributed by atoms with Crippen molar-refractivity contribution in [2.75, 3.05) is 0 Å². The first-order valence-electron chi connectivity index (χ1n) is 19.0. The molecule has 0 aromatic carbocycles. The molecule has 0 saturated heterocycles. The first-order valence-corrected chi connectivity index (χ1v) is 19.0. The third kappa shape index (κ3) is 18.9. The van der Waals surface area contributed by atoms with Gasteiger partial charge in [0.1, 0.15) is 0 Å². The summed E-state index contributed by atoms with van der Waals surface area (Å²) in [5, 5.41) is 0. The Bertz CT molecular complexity index is 1130. The molecule has 0 bridgehead atoms. The molecular formula is C42H66O5. The van der Waals surface area contributed by atoms with E-state index in [9.17, 15) is 9.59 Å². The largest absolute Gasteiger partial charge is 0.472 e. The summed E-state index contributed by atoms with van der Waals surface area (Å²) in [5.41, 5.74) is 4.47. The van der Waals surface area contributed by atoms with Crippen molar-refractivity contribution in [1.82, 2.24) is 0 Å². The maximum Gasteiger partial charge on any atom is 0.343 e. The number of hydrogen-bond acceptors (Lipinski definition) is 5. The molecule has 47 heavy (non-hydrogen) atoms. The zero-order valence-electron chi connectivity index (χ0n) is 30.6. The first kappa shape index (κ1) is 40.4. The average molecular weight is 651 g/mol. The van der Waals surface area contributed by atoms with Crippen LogP contribution in [0.1, 0.15) is 175 Å². The number of hydrogen-bond donors (Lipinski definition) is 0. The molecule has 0 radical (unpaired) electrons. The van der Waals surface area contributed by atoms with Gasteiger partial charge in [-0.1, -0.05) is 121 Å². The summed E-state index contributed by atoms with van der Waals surface area (Å²) < 4.78 is 16.3. The second-order valence-electron chi connectivity index (χ2n) is 13.9. The highest BCUT2D eigenvalue weighted by Gasteiger charge is 2.30. The van der Waals surface area contributed by atoms with Gasteiger partial charge in [-0.15, -0.1) is 0 Å². The second kappa shape index (κ2) is 25.2. The smallest absolute Gasteiger partial charge is 0.343 e. The van der Waals surface area contributed by atoms with Gasteiger partial charge < -0.3 is 13.9 Å². The number of unbranched alkanes of at least 4 members (excludes halogenated alkanes) is 13. The Balaban J connectivity index is 1.59. The molecule has 1 aliphatic rings. The molecule has 1 aromatic heterocycles. The Labute approximate surface area is 287 Å². The Kier molecular flexibility index (Phi) is 21.7. The van der Waals surface area contributed by atoms with Crippen LogP contribution < -0.4 is 0 Å². The fraction of sp³-hybridized carbons (Fsp3) is 0.667. The molecule has 0 aliphatic carbocycles. The highest BCUT2D eigenvalue weighted by Crippen LogP contribution is 2.30. The van der Waals surface area contributed by atoms with Crippen LogP contribution in [0.3, 0.4) is 0 Å². The monoisotopic (exact) mass is 650 g/mol. The fourth-order valence-corrected chi connectivity index (χ4v) is 6.08. The van der Waals surface area contributed by atoms with Crippen LogP contribution in [0, 0.1) is 5.92 Å². The van der Waals surface area contributed by atoms with Gasteiger partial charge in [0, 0.05) is 6.42 Å². The van der Waals surface area contributed by atoms with E-state index in [1.165, 1.54) is 87.3 Å². The molecular weight excluding hydrogens is 584 g/mol. The summed E-state index contributed by atoms with van der Waals surface area (Å²) in [6.45, 7) is 10.5. The minimum absolute atomic E-state index is 0.205. The van der Waals surface area contributed by atoms with E-state index < -0.39 is 5.97 Å². The van der Waals surface area contributed by atoms with Crippen LogP contribution in [-0.2, 0) is 25.5 Å². The zero-order valence-corrected chi connectivity index (χ0v) is 30.6. The molecule has 2 rings (SSSR count). The van der Waals surface area contributed by atoms with Gasteiger partial charge >= 0.3 is 11.9 Å². The maximum absolute atomic E-state index is 12.6. The van der Waals surface area contributed by atoms with Crippen molar-refractivity contribution < 1.29 is 23.5 Å². The summed E-state index contributed by atoms with van der Waals surface area (Å²) in [5.74, 6) is 0.209. The number of aryl methyl sites for hydroxylation is 1. The molecule has 0 spiro atoms. The number of esters is 2. The van der Waals surface area contributed by atoms with E-state index in [1.54, 1.807) is 13.2 Å². The number of carbonyl (C=O) groups excluding carboxylic acids is 2. The van der Waals surface area contributed by atoms with E-state index in [0.29, 0.717) is 23.5 Å². The maximum atomic E-state index is 12.6. The van der Waals surface area contributed by atoms with Gasteiger partial charge in [-0.2, -0.15) is 0 Å². The topological polar surface area (TPSA) is 65.7 Å². The first-order chi connectivity index (χ1) is 22.8. The van der Waals surface area contributed by atoms with Crippen molar-refractivity contribution in [3.63, 3.8) is 0 Å². The van der Waals surface area contributed by atoms with Gasteiger partial charge in [-0.3, -0.25) is 4.79 Å². The molecule has 0 saturated carbocycles. The Morgan fingerprint density at radius 1 is 0.809 bits per heavy atom. The van der Waals surface area contributed by atoms with Crippen LogP contribution >= 0.6 is 0 Å². The van der Waals surface area contributed by atoms with Crippen molar-refractivity contribution in [2.45, 2.75) is 176 Å². The molecule has 5 nitrogen and oxygen atoms in total. The number of furan rings is 1. The molecule has 264 valence electrons. The Morgan fingerprint density at radius 3 is 2.02 bits per heavy atom. The van der Waals surface area contributed by atoms with Gasteiger partial charge in [0.25, 0.3) is 0 Å². The van der Waals surface area contributed by atoms with Crippen LogP contribution in [0.5, 0.6) is 0 Å². The molecule has 0 fully saturated rings. The molecule has 5 heteroatoms. The SMILES string of the molecule is CCCCCCCCCCCCCCCCC(=O)OC1=C(C)C(=O)OC1=C[C@H](C)CCC/C(C)=C/CC/C(C)=C/CCc1ccoc1. The van der Waals surface area contributed by atoms with Gasteiger partial charge in [-0.25, -0.2) is 4.79 Å². The van der Waals surface area contributed by atoms with Crippen LogP contribution in [0.2, 0.25) is 0 Å². The third-order valence-corrected chi connectivity index (χ3v) is 9.23. The number of carbonyl (C=O) groups is 2. The molecule has 0 amide bonds. The van der Waals surface area contributed by atoms with Crippen molar-refractivity contribution in [3.05, 3.63) is 70.6 Å². The van der Waals surface area contributed by atoms with E-state index in [4.69, 9.17) is 13.9 Å². The Morgan fingerprint density at radius 2 is 1.40 bits per heavy atom. The number of cyclic esters (lactones) is 1. The predicted octanol–water partition coefficient (Wildman–Crippen LogP) is 12.8. The minimum atomic E-state index is -0.424. The number of ether oxygens (including phenoxy) is 2. The van der Waals surface area contributed by atoms with Crippen LogP contribution in [-0.4, -0.2) is 11.9 Å². The molecule has 1 aliphatic heterocycles. The molecule has 2 heterocycles. The lowest BCUT2D eigenvalue weighted by Crippen LogP contribution is -2.06. The standard InChI is InChI=1S/C42H66O5/c1-6-7-8-9-10-11-12-13-14-15-16-17-18-19-29-40(43)47-41-37(5)42(44)46-39(41)32-36(4)27-21-25-34(2)23-20-24-35(3)26-22-28-38-30-31-45-33-38/h23,26,30-33,36H,6-22,24-25,27-29H2,1-5H3/b34-23+,35-26+,39-32?/t36-/m1/s1. The average Bonchev–Trinajstić information content (AvgIpc) is 3.65. The molecule has 0 unspecified atom stereocenters. The Hall–Kier alpha value is -2.82. The van der Waals surface area contributed by atoms with Crippen LogP contribution in [0.4, 0.5) is 0 Å². The number of rotatable bonds is 27. The van der Waals surface area contributed by atoms with E-state index in [-0.39, 0.29) is 11.9 Å². The summed E-state index contributed by atoms with van der Waals surface area (Å²) in [4.78, 5) is 24.9. The van der Waals surface area contributed by atoms with Gasteiger partial charge in [0.2, 0.25) is 0 Å². The highest BCUT2D eigenvalue weighted by atomic mass is 16.6. The predicted molar refractivity (Wildman–Crippen MR) is 195 cm³/mol. The fourth-order valence-electron chi connectivity index (χ4n) is 6.08. The van der Waals surface area contributed by atoms with Gasteiger partial charge in [0.15, 0.2) is 11.5 Å². The lowest BCUT2D eigenvalue weighted by molar-refractivity contribution is -0.140.